The van der Waals surface area contributed by atoms with Crippen LogP contribution in [0.4, 0.5) is 0 Å². The summed E-state index contributed by atoms with van der Waals surface area (Å²) in [6, 6.07) is 0. The third kappa shape index (κ3) is 12.1. The fourth-order valence-corrected chi connectivity index (χ4v) is 2.00. The van der Waals surface area contributed by atoms with Gasteiger partial charge in [-0.25, -0.2) is 4.57 Å². The minimum absolute atomic E-state index is 0.0220. The van der Waals surface area contributed by atoms with Crippen LogP contribution in [0.1, 0.15) is 48.0 Å². The highest BCUT2D eigenvalue weighted by Gasteiger charge is 2.22. The van der Waals surface area contributed by atoms with Crippen LogP contribution in [0.3, 0.4) is 0 Å². The van der Waals surface area contributed by atoms with Crippen molar-refractivity contribution in [1.82, 2.24) is 5.32 Å². The first-order valence-electron chi connectivity index (χ1n) is 7.38. The fourth-order valence-electron chi connectivity index (χ4n) is 1.26. The van der Waals surface area contributed by atoms with Crippen molar-refractivity contribution in [2.45, 2.75) is 53.6 Å². The Balaban J connectivity index is 3.77. The first-order valence-corrected chi connectivity index (χ1v) is 8.87. The van der Waals surface area contributed by atoms with E-state index in [9.17, 15) is 14.3 Å². The lowest BCUT2D eigenvalue weighted by Crippen LogP contribution is -2.35. The summed E-state index contributed by atoms with van der Waals surface area (Å²) in [5.74, 6) is -0.0738. The maximum Gasteiger partial charge on any atom is 0.472 e. The van der Waals surface area contributed by atoms with Crippen molar-refractivity contribution in [2.24, 2.45) is 5.41 Å². The molecule has 1 unspecified atom stereocenters. The molecule has 2 N–H and O–H groups in total. The molecule has 7 nitrogen and oxygen atoms in total. The zero-order chi connectivity index (χ0) is 17.4. The third-order valence-electron chi connectivity index (χ3n) is 2.42. The van der Waals surface area contributed by atoms with E-state index in [4.69, 9.17) is 13.8 Å². The van der Waals surface area contributed by atoms with Crippen molar-refractivity contribution in [2.75, 3.05) is 26.4 Å². The Bertz CT molecular complexity index is 386. The molecule has 0 saturated heterocycles. The molecule has 0 aliphatic carbocycles. The Morgan fingerprint density at radius 2 is 1.59 bits per heavy atom. The topological polar surface area (TPSA) is 94.1 Å². The van der Waals surface area contributed by atoms with E-state index < -0.39 is 13.2 Å². The summed E-state index contributed by atoms with van der Waals surface area (Å²) in [5.41, 5.74) is -0.780. The minimum Gasteiger partial charge on any atom is -0.373 e. The van der Waals surface area contributed by atoms with E-state index in [2.05, 4.69) is 5.32 Å². The first-order chi connectivity index (χ1) is 9.83. The summed E-state index contributed by atoms with van der Waals surface area (Å²) in [6.45, 7) is 11.7. The maximum absolute atomic E-state index is 11.6. The fraction of sp³-hybridized carbons (Fsp3) is 0.929. The van der Waals surface area contributed by atoms with Crippen molar-refractivity contribution in [3.8, 4) is 0 Å². The highest BCUT2D eigenvalue weighted by molar-refractivity contribution is 7.47. The lowest BCUT2D eigenvalue weighted by atomic mass is 9.96. The number of carbonyl (C=O) groups is 1. The highest BCUT2D eigenvalue weighted by atomic mass is 31.2. The summed E-state index contributed by atoms with van der Waals surface area (Å²) >= 11 is 0. The van der Waals surface area contributed by atoms with E-state index in [0.29, 0.717) is 13.0 Å². The van der Waals surface area contributed by atoms with Crippen molar-refractivity contribution >= 4 is 13.7 Å². The van der Waals surface area contributed by atoms with Gasteiger partial charge in [-0.15, -0.1) is 0 Å². The lowest BCUT2D eigenvalue weighted by molar-refractivity contribution is -0.128. The lowest BCUT2D eigenvalue weighted by Gasteiger charge is -2.20. The molecule has 0 aromatic heterocycles. The van der Waals surface area contributed by atoms with Crippen molar-refractivity contribution < 1.29 is 28.0 Å². The van der Waals surface area contributed by atoms with Gasteiger partial charge in [0.05, 0.1) is 25.4 Å². The molecule has 22 heavy (non-hydrogen) atoms. The van der Waals surface area contributed by atoms with Gasteiger partial charge in [0.25, 0.3) is 0 Å². The van der Waals surface area contributed by atoms with E-state index in [-0.39, 0.29) is 31.3 Å². The predicted molar refractivity (Wildman–Crippen MR) is 84.5 cm³/mol. The molecule has 0 bridgehead atoms. The van der Waals surface area contributed by atoms with Crippen LogP contribution in [0.15, 0.2) is 0 Å². The molecule has 0 fully saturated rings. The Hall–Kier alpha value is -0.460. The van der Waals surface area contributed by atoms with Crippen molar-refractivity contribution in [3.05, 3.63) is 0 Å². The van der Waals surface area contributed by atoms with Crippen LogP contribution in [0.5, 0.6) is 0 Å². The van der Waals surface area contributed by atoms with E-state index in [0.717, 1.165) is 0 Å². The second-order valence-electron chi connectivity index (χ2n) is 6.96. The molecular formula is C14H30NO6P. The molecule has 0 aromatic rings. The molecule has 0 aliphatic heterocycles. The van der Waals surface area contributed by atoms with Gasteiger partial charge in [0, 0.05) is 12.0 Å². The molecule has 8 heteroatoms. The molecule has 0 aromatic carbocycles. The maximum atomic E-state index is 11.6. The first kappa shape index (κ1) is 21.5. The van der Waals surface area contributed by atoms with Crippen LogP contribution >= 0.6 is 7.82 Å². The molecule has 0 saturated carbocycles. The van der Waals surface area contributed by atoms with Crippen LogP contribution in [0.25, 0.3) is 0 Å². The average Bonchev–Trinajstić information content (AvgIpc) is 2.31. The highest BCUT2D eigenvalue weighted by Crippen LogP contribution is 2.42. The molecule has 132 valence electrons. The Morgan fingerprint density at radius 3 is 2.09 bits per heavy atom. The molecule has 0 rings (SSSR count). The van der Waals surface area contributed by atoms with Crippen LogP contribution in [-0.2, 0) is 23.1 Å². The number of rotatable bonds is 9. The molecule has 1 amide bonds. The van der Waals surface area contributed by atoms with E-state index in [1.54, 1.807) is 0 Å². The Kier molecular flexibility index (Phi) is 8.80. The summed E-state index contributed by atoms with van der Waals surface area (Å²) in [4.78, 5) is 21.0. The van der Waals surface area contributed by atoms with Gasteiger partial charge in [-0.1, -0.05) is 20.8 Å². The third-order valence-corrected chi connectivity index (χ3v) is 3.43. The van der Waals surface area contributed by atoms with Gasteiger partial charge in [0.1, 0.15) is 0 Å². The van der Waals surface area contributed by atoms with Crippen LogP contribution < -0.4 is 5.32 Å². The molecule has 0 radical (unpaired) electrons. The molecule has 0 heterocycles. The quantitative estimate of drug-likeness (QED) is 0.495. The summed E-state index contributed by atoms with van der Waals surface area (Å²) in [7, 11) is -4.06. The van der Waals surface area contributed by atoms with Crippen LogP contribution in [0, 0.1) is 5.41 Å². The number of hydrogen-bond acceptors (Lipinski definition) is 5. The van der Waals surface area contributed by atoms with Crippen molar-refractivity contribution in [3.63, 3.8) is 0 Å². The number of ether oxygens (including phenoxy) is 1. The van der Waals surface area contributed by atoms with Gasteiger partial charge in [-0.05, 0) is 27.2 Å². The molecule has 1 atom stereocenters. The van der Waals surface area contributed by atoms with E-state index in [1.165, 1.54) is 0 Å². The van der Waals surface area contributed by atoms with Gasteiger partial charge in [0.2, 0.25) is 5.91 Å². The number of hydrogen-bond donors (Lipinski definition) is 2. The predicted octanol–water partition coefficient (Wildman–Crippen LogP) is 2.49. The number of amides is 1. The smallest absolute Gasteiger partial charge is 0.373 e. The van der Waals surface area contributed by atoms with E-state index in [1.807, 2.05) is 41.5 Å². The molecular weight excluding hydrogens is 309 g/mol. The Labute approximate surface area is 133 Å². The average molecular weight is 339 g/mol. The van der Waals surface area contributed by atoms with Gasteiger partial charge in [-0.2, -0.15) is 0 Å². The second-order valence-corrected chi connectivity index (χ2v) is 8.41. The largest absolute Gasteiger partial charge is 0.472 e. The monoisotopic (exact) mass is 339 g/mol. The van der Waals surface area contributed by atoms with Gasteiger partial charge in [0.15, 0.2) is 0 Å². The molecule has 0 aliphatic rings. The van der Waals surface area contributed by atoms with Crippen LogP contribution in [-0.4, -0.2) is 42.8 Å². The summed E-state index contributed by atoms with van der Waals surface area (Å²) < 4.78 is 26.5. The molecule has 0 spiro atoms. The SMILES string of the molecule is CC(C)(C)OCCOP(=O)(O)OCCCNC(=O)C(C)(C)C. The second kappa shape index (κ2) is 8.99. The zero-order valence-corrected chi connectivity index (χ0v) is 15.4. The summed E-state index contributed by atoms with van der Waals surface area (Å²) in [5, 5.41) is 2.73. The van der Waals surface area contributed by atoms with E-state index >= 15 is 0 Å². The van der Waals surface area contributed by atoms with Gasteiger partial charge in [-0.3, -0.25) is 13.8 Å². The summed E-state index contributed by atoms with van der Waals surface area (Å²) in [6.07, 6.45) is 0.425. The number of phosphoric acid groups is 1. The Morgan fingerprint density at radius 1 is 1.05 bits per heavy atom. The van der Waals surface area contributed by atoms with Gasteiger partial charge >= 0.3 is 7.82 Å². The number of phosphoric ester groups is 1. The standard InChI is InChI=1S/C14H30NO6P/c1-13(2,3)12(16)15-8-7-9-20-22(17,18)21-11-10-19-14(4,5)6/h7-11H2,1-6H3,(H,15,16)(H,17,18). The van der Waals surface area contributed by atoms with Crippen LogP contribution in [0.2, 0.25) is 0 Å². The van der Waals surface area contributed by atoms with Gasteiger partial charge < -0.3 is 14.9 Å². The zero-order valence-electron chi connectivity index (χ0n) is 14.5. The normalized spacial score (nSPS) is 15.4. The minimum atomic E-state index is -4.06. The van der Waals surface area contributed by atoms with Crippen molar-refractivity contribution in [1.29, 1.82) is 0 Å². The number of nitrogens with one attached hydrogen (secondary N) is 1. The number of carbonyl (C=O) groups excluding carboxylic acids is 1.